The van der Waals surface area contributed by atoms with Gasteiger partial charge >= 0.3 is 0 Å². The van der Waals surface area contributed by atoms with Gasteiger partial charge in [0.25, 0.3) is 5.91 Å². The van der Waals surface area contributed by atoms with Gasteiger partial charge in [0.1, 0.15) is 24.2 Å². The molecule has 278 valence electrons. The van der Waals surface area contributed by atoms with Crippen LogP contribution in [-0.4, -0.2) is 77.8 Å². The smallest absolute Gasteiger partial charge is 0.264 e. The van der Waals surface area contributed by atoms with Gasteiger partial charge in [0.2, 0.25) is 15.9 Å². The molecule has 11 nitrogen and oxygen atoms in total. The van der Waals surface area contributed by atoms with Crippen LogP contribution in [0.25, 0.3) is 0 Å². The number of hydrogen-bond donors (Lipinski definition) is 1. The molecule has 1 aromatic heterocycles. The number of fused-ring (bicyclic) bond motifs is 1. The number of nitrogens with zero attached hydrogens (tertiary/aromatic N) is 5. The van der Waals surface area contributed by atoms with E-state index in [4.69, 9.17) is 16.3 Å². The van der Waals surface area contributed by atoms with Crippen LogP contribution >= 0.6 is 11.6 Å². The fraction of sp³-hybridized carbons (Fsp3) is 0.500. The lowest BCUT2D eigenvalue weighted by Gasteiger charge is -2.47. The van der Waals surface area contributed by atoms with Gasteiger partial charge in [-0.25, -0.2) is 17.5 Å². The first kappa shape index (κ1) is 36.4. The molecule has 0 unspecified atom stereocenters. The molecule has 1 saturated heterocycles. The van der Waals surface area contributed by atoms with Crippen LogP contribution in [0.5, 0.6) is 5.75 Å². The SMILES string of the molecule is C[C@@H]1[C@@H](C)C/C=C(\F)[C@H](C(=O)N(C)Cc2ccn(C)n2)N2CCC[C@@]23CN2CCCCc4cc(Cl)cc3c4COc3ccc(cc32)C(=O)NS1(=O)=O. The molecule has 2 amide bonds. The van der Waals surface area contributed by atoms with Crippen molar-refractivity contribution in [1.29, 1.82) is 0 Å². The summed E-state index contributed by atoms with van der Waals surface area (Å²) in [7, 11) is -0.684. The number of sulfonamides is 1. The Labute approximate surface area is 309 Å². The quantitative estimate of drug-likeness (QED) is 0.375. The van der Waals surface area contributed by atoms with Crippen LogP contribution in [0.2, 0.25) is 5.02 Å². The second kappa shape index (κ2) is 14.1. The van der Waals surface area contributed by atoms with Crippen molar-refractivity contribution in [2.24, 2.45) is 13.0 Å². The van der Waals surface area contributed by atoms with Gasteiger partial charge in [0.15, 0.2) is 0 Å². The summed E-state index contributed by atoms with van der Waals surface area (Å²) in [5.74, 6) is -1.85. The molecule has 1 fully saturated rings. The number of carbonyl (C=O) groups excluding carboxylic acids is 2. The second-order valence-electron chi connectivity index (χ2n) is 14.8. The number of nitrogens with one attached hydrogen (secondary N) is 1. The van der Waals surface area contributed by atoms with Crippen LogP contribution in [0.15, 0.2) is 54.5 Å². The zero-order chi connectivity index (χ0) is 36.9. The van der Waals surface area contributed by atoms with Gasteiger partial charge in [-0.2, -0.15) is 5.10 Å². The number of amides is 2. The standard InChI is InChI=1S/C38H46ClFN6O5S/c1-24-9-11-32(40)35(37(48)43(3)21-29-13-17-44(4)41-29)46-16-7-14-38(46)23-45-15-6-5-8-26-18-28(39)20-31(38)30(26)22-51-34-12-10-27(19-33(34)45)36(47)42-52(49,50)25(24)2/h10-13,17-20,24-25,35H,5-9,14-16,21-23H2,1-4H3,(H,42,47)/b32-11-/t24-,25+,35+,38-/m0/s1. The first-order valence-electron chi connectivity index (χ1n) is 18.0. The third-order valence-electron chi connectivity index (χ3n) is 11.4. The number of allylic oxidation sites excluding steroid dienone is 1. The van der Waals surface area contributed by atoms with Crippen LogP contribution < -0.4 is 14.4 Å². The number of likely N-dealkylation sites (N-methyl/N-ethyl adjacent to an activating group) is 1. The molecule has 4 atom stereocenters. The van der Waals surface area contributed by atoms with E-state index in [-0.39, 0.29) is 25.1 Å². The van der Waals surface area contributed by atoms with Crippen LogP contribution in [0.3, 0.4) is 0 Å². The Hall–Kier alpha value is -3.94. The van der Waals surface area contributed by atoms with Crippen LogP contribution in [0.4, 0.5) is 10.1 Å². The highest BCUT2D eigenvalue weighted by Crippen LogP contribution is 2.49. The number of aryl methyl sites for hydroxylation is 2. The van der Waals surface area contributed by atoms with Gasteiger partial charge in [-0.3, -0.25) is 19.2 Å². The van der Waals surface area contributed by atoms with E-state index in [0.717, 1.165) is 36.0 Å². The van der Waals surface area contributed by atoms with Crippen LogP contribution in [-0.2, 0) is 47.0 Å². The summed E-state index contributed by atoms with van der Waals surface area (Å²) in [5, 5.41) is 3.99. The summed E-state index contributed by atoms with van der Waals surface area (Å²) in [6, 6.07) is 9.47. The van der Waals surface area contributed by atoms with Gasteiger partial charge in [0, 0.05) is 50.5 Å². The molecule has 4 aliphatic rings. The van der Waals surface area contributed by atoms with Crippen LogP contribution in [0, 0.1) is 5.92 Å². The third kappa shape index (κ3) is 6.71. The average Bonchev–Trinajstić information content (AvgIpc) is 3.72. The maximum Gasteiger partial charge on any atom is 0.264 e. The molecule has 1 spiro atoms. The summed E-state index contributed by atoms with van der Waals surface area (Å²) in [6.45, 7) is 4.96. The lowest BCUT2D eigenvalue weighted by molar-refractivity contribution is -0.137. The highest BCUT2D eigenvalue weighted by Gasteiger charge is 2.52. The fourth-order valence-electron chi connectivity index (χ4n) is 8.38. The number of rotatable bonds is 3. The minimum Gasteiger partial charge on any atom is -0.487 e. The average molecular weight is 753 g/mol. The van der Waals surface area contributed by atoms with E-state index in [1.54, 1.807) is 50.1 Å². The summed E-state index contributed by atoms with van der Waals surface area (Å²) in [6.07, 6.45) is 6.95. The topological polar surface area (TPSA) is 117 Å². The molecule has 4 aliphatic heterocycles. The third-order valence-corrected chi connectivity index (χ3v) is 13.6. The Kier molecular flexibility index (Phi) is 9.90. The molecular formula is C38H46ClFN6O5S. The first-order valence-corrected chi connectivity index (χ1v) is 19.9. The monoisotopic (exact) mass is 752 g/mol. The maximum atomic E-state index is 17.2. The summed E-state index contributed by atoms with van der Waals surface area (Å²) >= 11 is 6.92. The molecule has 2 aromatic carbocycles. The minimum atomic E-state index is -4.15. The van der Waals surface area contributed by atoms with Crippen molar-refractivity contribution in [3.63, 3.8) is 0 Å². The van der Waals surface area contributed by atoms with Crippen molar-refractivity contribution in [3.05, 3.63) is 87.5 Å². The van der Waals surface area contributed by atoms with E-state index in [0.29, 0.717) is 54.6 Å². The van der Waals surface area contributed by atoms with Crippen molar-refractivity contribution in [1.82, 2.24) is 24.3 Å². The Morgan fingerprint density at radius 1 is 1.15 bits per heavy atom. The largest absolute Gasteiger partial charge is 0.487 e. The molecule has 52 heavy (non-hydrogen) atoms. The molecule has 14 heteroatoms. The van der Waals surface area contributed by atoms with Gasteiger partial charge in [-0.1, -0.05) is 24.6 Å². The van der Waals surface area contributed by atoms with Gasteiger partial charge in [-0.15, -0.1) is 0 Å². The van der Waals surface area contributed by atoms with Crippen molar-refractivity contribution in [3.8, 4) is 5.75 Å². The number of hydrogen-bond acceptors (Lipinski definition) is 8. The number of halogens is 2. The Bertz CT molecular complexity index is 2040. The number of anilines is 1. The van der Waals surface area contributed by atoms with E-state index < -0.39 is 50.4 Å². The fourth-order valence-corrected chi connectivity index (χ4v) is 9.91. The van der Waals surface area contributed by atoms with Crippen molar-refractivity contribution < 1.29 is 27.1 Å². The zero-order valence-corrected chi connectivity index (χ0v) is 31.6. The molecule has 3 aromatic rings. The Morgan fingerprint density at radius 2 is 1.96 bits per heavy atom. The van der Waals surface area contributed by atoms with Crippen LogP contribution in [0.1, 0.15) is 78.7 Å². The number of carbonyl (C=O) groups is 2. The van der Waals surface area contributed by atoms with Crippen molar-refractivity contribution in [2.45, 2.75) is 82.4 Å². The Balaban J connectivity index is 1.47. The maximum absolute atomic E-state index is 17.2. The minimum absolute atomic E-state index is 0.0298. The van der Waals surface area contributed by atoms with E-state index in [1.807, 2.05) is 23.1 Å². The van der Waals surface area contributed by atoms with E-state index in [9.17, 15) is 18.0 Å². The van der Waals surface area contributed by atoms with E-state index in [1.165, 1.54) is 17.9 Å². The van der Waals surface area contributed by atoms with Gasteiger partial charge < -0.3 is 14.5 Å². The predicted molar refractivity (Wildman–Crippen MR) is 197 cm³/mol. The second-order valence-corrected chi connectivity index (χ2v) is 17.3. The molecular weight excluding hydrogens is 707 g/mol. The predicted octanol–water partition coefficient (Wildman–Crippen LogP) is 5.47. The lowest BCUT2D eigenvalue weighted by Crippen LogP contribution is -2.58. The number of aromatic nitrogens is 2. The molecule has 5 heterocycles. The van der Waals surface area contributed by atoms with Gasteiger partial charge in [0.05, 0.1) is 28.7 Å². The highest BCUT2D eigenvalue weighted by atomic mass is 35.5. The van der Waals surface area contributed by atoms with Gasteiger partial charge in [-0.05, 0) is 104 Å². The number of ether oxygens (including phenoxy) is 1. The molecule has 7 bridgehead atoms. The first-order chi connectivity index (χ1) is 24.8. The molecule has 0 radical (unpaired) electrons. The zero-order valence-electron chi connectivity index (χ0n) is 30.1. The summed E-state index contributed by atoms with van der Waals surface area (Å²) in [4.78, 5) is 34.1. The molecule has 7 rings (SSSR count). The highest BCUT2D eigenvalue weighted by molar-refractivity contribution is 7.90. The normalized spacial score (nSPS) is 27.2. The Morgan fingerprint density at radius 3 is 2.73 bits per heavy atom. The molecule has 1 N–H and O–H groups in total. The number of benzene rings is 2. The summed E-state index contributed by atoms with van der Waals surface area (Å²) in [5.41, 5.74) is 3.56. The van der Waals surface area contributed by atoms with E-state index >= 15 is 4.39 Å². The van der Waals surface area contributed by atoms with Crippen molar-refractivity contribution in [2.75, 3.05) is 31.6 Å². The van der Waals surface area contributed by atoms with Crippen molar-refractivity contribution >= 4 is 39.1 Å². The lowest BCUT2D eigenvalue weighted by atomic mass is 9.79. The molecule has 0 aliphatic carbocycles. The van der Waals surface area contributed by atoms with E-state index in [2.05, 4.69) is 14.7 Å². The summed E-state index contributed by atoms with van der Waals surface area (Å²) < 4.78 is 54.7. The molecule has 0 saturated carbocycles.